The minimum absolute atomic E-state index is 0.0331. The first-order valence-corrected chi connectivity index (χ1v) is 5.77. The molecule has 3 atom stereocenters. The first-order valence-electron chi connectivity index (χ1n) is 5.77. The van der Waals surface area contributed by atoms with Gasteiger partial charge in [-0.3, -0.25) is 0 Å². The number of likely N-dealkylation sites (N-methyl/N-ethyl adjacent to an activating group) is 1. The van der Waals surface area contributed by atoms with Crippen molar-refractivity contribution < 1.29 is 19.8 Å². The largest absolute Gasteiger partial charge is 0.480 e. The Hall–Kier alpha value is -1.30. The van der Waals surface area contributed by atoms with Crippen LogP contribution in [0.15, 0.2) is 0 Å². The summed E-state index contributed by atoms with van der Waals surface area (Å²) >= 11 is 0. The lowest BCUT2D eigenvalue weighted by atomic mass is 10.0. The molecular weight excluding hydrogens is 224 g/mol. The zero-order valence-electron chi connectivity index (χ0n) is 10.5. The number of nitrogens with zero attached hydrogens (tertiary/aromatic N) is 2. The van der Waals surface area contributed by atoms with Gasteiger partial charge in [-0.1, -0.05) is 6.92 Å². The fourth-order valence-corrected chi connectivity index (χ4v) is 2.05. The highest BCUT2D eigenvalue weighted by molar-refractivity contribution is 5.83. The van der Waals surface area contributed by atoms with Gasteiger partial charge in [0, 0.05) is 13.6 Å². The molecule has 6 nitrogen and oxygen atoms in total. The number of hydrogen-bond acceptors (Lipinski definition) is 3. The van der Waals surface area contributed by atoms with Gasteiger partial charge >= 0.3 is 12.0 Å². The number of carbonyl (C=O) groups is 2. The fourth-order valence-electron chi connectivity index (χ4n) is 2.05. The van der Waals surface area contributed by atoms with Crippen LogP contribution >= 0.6 is 0 Å². The molecule has 1 heterocycles. The summed E-state index contributed by atoms with van der Waals surface area (Å²) in [6.45, 7) is 3.87. The van der Waals surface area contributed by atoms with E-state index >= 15 is 0 Å². The molecule has 2 amide bonds. The molecule has 0 aliphatic carbocycles. The first-order chi connectivity index (χ1) is 7.90. The number of amides is 2. The lowest BCUT2D eigenvalue weighted by molar-refractivity contribution is -0.142. The van der Waals surface area contributed by atoms with Crippen molar-refractivity contribution in [1.82, 2.24) is 9.80 Å². The number of aliphatic hydroxyl groups is 1. The average molecular weight is 244 g/mol. The van der Waals surface area contributed by atoms with E-state index in [1.54, 1.807) is 14.0 Å². The average Bonchev–Trinajstić information content (AvgIpc) is 2.68. The summed E-state index contributed by atoms with van der Waals surface area (Å²) in [7, 11) is 1.57. The molecule has 6 heteroatoms. The minimum Gasteiger partial charge on any atom is -0.480 e. The normalized spacial score (nSPS) is 25.8. The van der Waals surface area contributed by atoms with Crippen molar-refractivity contribution >= 4 is 12.0 Å². The van der Waals surface area contributed by atoms with E-state index in [0.29, 0.717) is 13.0 Å². The van der Waals surface area contributed by atoms with Crippen LogP contribution in [0.1, 0.15) is 20.3 Å². The number of hydrogen-bond donors (Lipinski definition) is 2. The molecule has 0 spiro atoms. The lowest BCUT2D eigenvalue weighted by Crippen LogP contribution is -2.51. The lowest BCUT2D eigenvalue weighted by Gasteiger charge is -2.31. The van der Waals surface area contributed by atoms with Crippen LogP contribution in [0.2, 0.25) is 0 Å². The van der Waals surface area contributed by atoms with Crippen LogP contribution in [-0.2, 0) is 4.79 Å². The van der Waals surface area contributed by atoms with Crippen LogP contribution in [0.25, 0.3) is 0 Å². The molecule has 1 rings (SSSR count). The summed E-state index contributed by atoms with van der Waals surface area (Å²) in [5, 5.41) is 18.1. The number of carbonyl (C=O) groups excluding carboxylic acids is 1. The molecule has 0 radical (unpaired) electrons. The van der Waals surface area contributed by atoms with Crippen molar-refractivity contribution in [3.8, 4) is 0 Å². The Balaban J connectivity index is 2.78. The molecule has 0 aromatic rings. The number of likely N-dealkylation sites (tertiary alicyclic amines) is 1. The van der Waals surface area contributed by atoms with E-state index in [0.717, 1.165) is 0 Å². The predicted molar refractivity (Wildman–Crippen MR) is 61.6 cm³/mol. The molecule has 3 unspecified atom stereocenters. The van der Waals surface area contributed by atoms with Gasteiger partial charge < -0.3 is 20.0 Å². The summed E-state index contributed by atoms with van der Waals surface area (Å²) < 4.78 is 0. The van der Waals surface area contributed by atoms with Gasteiger partial charge in [-0.25, -0.2) is 9.59 Å². The summed E-state index contributed by atoms with van der Waals surface area (Å²) in [6.07, 6.45) is 0.698. The molecule has 0 saturated carbocycles. The second kappa shape index (κ2) is 5.35. The van der Waals surface area contributed by atoms with Gasteiger partial charge in [-0.15, -0.1) is 0 Å². The standard InChI is InChI=1S/C11H20N2O4/c1-7-4-5-13(9(7)10(15)16)11(17)12(3)8(2)6-14/h7-9,14H,4-6H2,1-3H3,(H,15,16). The van der Waals surface area contributed by atoms with Crippen LogP contribution in [0.3, 0.4) is 0 Å². The molecule has 1 fully saturated rings. The van der Waals surface area contributed by atoms with Gasteiger partial charge in [0.1, 0.15) is 6.04 Å². The van der Waals surface area contributed by atoms with Crippen molar-refractivity contribution in [2.75, 3.05) is 20.2 Å². The SMILES string of the molecule is CC1CCN(C(=O)N(C)C(C)CO)C1C(=O)O. The van der Waals surface area contributed by atoms with E-state index in [1.165, 1.54) is 9.80 Å². The topological polar surface area (TPSA) is 81.1 Å². The van der Waals surface area contributed by atoms with E-state index in [1.807, 2.05) is 6.92 Å². The maximum absolute atomic E-state index is 12.1. The number of carboxylic acids is 1. The summed E-state index contributed by atoms with van der Waals surface area (Å²) in [5.41, 5.74) is 0. The predicted octanol–water partition coefficient (Wildman–Crippen LogP) is 0.214. The molecule has 98 valence electrons. The highest BCUT2D eigenvalue weighted by Crippen LogP contribution is 2.25. The third-order valence-corrected chi connectivity index (χ3v) is 3.43. The van der Waals surface area contributed by atoms with Crippen molar-refractivity contribution in [3.05, 3.63) is 0 Å². The van der Waals surface area contributed by atoms with E-state index in [2.05, 4.69) is 0 Å². The van der Waals surface area contributed by atoms with Crippen molar-refractivity contribution in [2.45, 2.75) is 32.4 Å². The first kappa shape index (κ1) is 13.8. The van der Waals surface area contributed by atoms with Crippen molar-refractivity contribution in [2.24, 2.45) is 5.92 Å². The molecule has 0 aromatic heterocycles. The summed E-state index contributed by atoms with van der Waals surface area (Å²) in [4.78, 5) is 26.0. The van der Waals surface area contributed by atoms with Gasteiger partial charge in [0.2, 0.25) is 0 Å². The van der Waals surface area contributed by atoms with E-state index in [-0.39, 0.29) is 24.6 Å². The van der Waals surface area contributed by atoms with Crippen LogP contribution in [0.4, 0.5) is 4.79 Å². The molecule has 0 aromatic carbocycles. The molecule has 2 N–H and O–H groups in total. The fraction of sp³-hybridized carbons (Fsp3) is 0.818. The van der Waals surface area contributed by atoms with Gasteiger partial charge in [0.15, 0.2) is 0 Å². The Bertz CT molecular complexity index is 308. The van der Waals surface area contributed by atoms with Crippen LogP contribution in [-0.4, -0.2) is 64.3 Å². The number of carboxylic acid groups (broad SMARTS) is 1. The van der Waals surface area contributed by atoms with Gasteiger partial charge in [-0.2, -0.15) is 0 Å². The highest BCUT2D eigenvalue weighted by atomic mass is 16.4. The molecule has 0 bridgehead atoms. The molecule has 1 aliphatic heterocycles. The maximum atomic E-state index is 12.1. The number of aliphatic hydroxyl groups excluding tert-OH is 1. The monoisotopic (exact) mass is 244 g/mol. The molecule has 1 aliphatic rings. The number of rotatable bonds is 3. The van der Waals surface area contributed by atoms with Gasteiger partial charge in [0.05, 0.1) is 12.6 Å². The van der Waals surface area contributed by atoms with Crippen LogP contribution in [0, 0.1) is 5.92 Å². The smallest absolute Gasteiger partial charge is 0.326 e. The van der Waals surface area contributed by atoms with Crippen molar-refractivity contribution in [1.29, 1.82) is 0 Å². The second-order valence-electron chi connectivity index (χ2n) is 4.67. The van der Waals surface area contributed by atoms with Crippen molar-refractivity contribution in [3.63, 3.8) is 0 Å². The van der Waals surface area contributed by atoms with Crippen LogP contribution in [0.5, 0.6) is 0 Å². The quantitative estimate of drug-likeness (QED) is 0.744. The zero-order valence-corrected chi connectivity index (χ0v) is 10.5. The minimum atomic E-state index is -0.964. The Morgan fingerprint density at radius 2 is 2.12 bits per heavy atom. The van der Waals surface area contributed by atoms with Crippen LogP contribution < -0.4 is 0 Å². The van der Waals surface area contributed by atoms with E-state index < -0.39 is 12.0 Å². The molecule has 1 saturated heterocycles. The summed E-state index contributed by atoms with van der Waals surface area (Å²) in [6, 6.07) is -1.40. The molecular formula is C11H20N2O4. The number of aliphatic carboxylic acids is 1. The van der Waals surface area contributed by atoms with Gasteiger partial charge in [-0.05, 0) is 19.3 Å². The Kier molecular flexibility index (Phi) is 4.34. The Morgan fingerprint density at radius 3 is 2.59 bits per heavy atom. The highest BCUT2D eigenvalue weighted by Gasteiger charge is 2.40. The second-order valence-corrected chi connectivity index (χ2v) is 4.67. The Morgan fingerprint density at radius 1 is 1.53 bits per heavy atom. The zero-order chi connectivity index (χ0) is 13.2. The Labute approximate surface area is 101 Å². The van der Waals surface area contributed by atoms with E-state index in [4.69, 9.17) is 10.2 Å². The van der Waals surface area contributed by atoms with Gasteiger partial charge in [0.25, 0.3) is 0 Å². The summed E-state index contributed by atoms with van der Waals surface area (Å²) in [5.74, 6) is -0.998. The third kappa shape index (κ3) is 2.69. The molecule has 17 heavy (non-hydrogen) atoms. The maximum Gasteiger partial charge on any atom is 0.326 e. The number of urea groups is 1. The third-order valence-electron chi connectivity index (χ3n) is 3.43. The van der Waals surface area contributed by atoms with E-state index in [9.17, 15) is 9.59 Å².